The Balaban J connectivity index is 1.57. The molecule has 2 aromatic carbocycles. The summed E-state index contributed by atoms with van der Waals surface area (Å²) < 4.78 is 6.38. The number of ether oxygens (including phenoxy) is 1. The number of aromatic nitrogens is 2. The minimum atomic E-state index is -0.427. The molecule has 160 valence electrons. The van der Waals surface area contributed by atoms with Crippen LogP contribution >= 0.6 is 0 Å². The molecule has 0 aliphatic rings. The smallest absolute Gasteiger partial charge is 0.338 e. The number of benzene rings is 2. The van der Waals surface area contributed by atoms with E-state index in [1.165, 1.54) is 10.7 Å². The molecule has 0 aliphatic carbocycles. The van der Waals surface area contributed by atoms with E-state index in [2.05, 4.69) is 15.7 Å². The van der Waals surface area contributed by atoms with E-state index in [-0.39, 0.29) is 11.6 Å². The summed E-state index contributed by atoms with van der Waals surface area (Å²) in [4.78, 5) is 36.5. The van der Waals surface area contributed by atoms with Crippen LogP contribution in [0.3, 0.4) is 0 Å². The van der Waals surface area contributed by atoms with Gasteiger partial charge in [0.15, 0.2) is 5.69 Å². The molecule has 0 saturated carbocycles. The third kappa shape index (κ3) is 6.02. The lowest BCUT2D eigenvalue weighted by Gasteiger charge is -2.05. The number of aryl methyl sites for hydroxylation is 2. The Morgan fingerprint density at radius 1 is 1.00 bits per heavy atom. The van der Waals surface area contributed by atoms with Crippen molar-refractivity contribution in [3.05, 3.63) is 77.5 Å². The van der Waals surface area contributed by atoms with Crippen LogP contribution in [0.2, 0.25) is 0 Å². The van der Waals surface area contributed by atoms with Gasteiger partial charge in [-0.2, -0.15) is 5.10 Å². The van der Waals surface area contributed by atoms with E-state index in [1.807, 2.05) is 30.3 Å². The number of hydrogen-bond donors (Lipinski definition) is 2. The number of amides is 2. The quantitative estimate of drug-likeness (QED) is 0.544. The lowest BCUT2D eigenvalue weighted by molar-refractivity contribution is -0.116. The largest absolute Gasteiger partial charge is 0.462 e. The molecule has 0 bridgehead atoms. The first-order chi connectivity index (χ1) is 15.0. The SMILES string of the molecule is CCOC(=O)c1ccc(NC(=O)c2cc(NC(=O)CCc3ccccc3)n(C)n2)cc1. The topological polar surface area (TPSA) is 102 Å². The van der Waals surface area contributed by atoms with Crippen molar-refractivity contribution in [2.24, 2.45) is 7.05 Å². The number of esters is 1. The molecule has 3 rings (SSSR count). The predicted molar refractivity (Wildman–Crippen MR) is 117 cm³/mol. The summed E-state index contributed by atoms with van der Waals surface area (Å²) in [6.07, 6.45) is 0.948. The Morgan fingerprint density at radius 3 is 2.39 bits per heavy atom. The Bertz CT molecular complexity index is 1060. The van der Waals surface area contributed by atoms with Gasteiger partial charge in [0, 0.05) is 25.2 Å². The predicted octanol–water partition coefficient (Wildman–Crippen LogP) is 3.42. The lowest BCUT2D eigenvalue weighted by atomic mass is 10.1. The fraction of sp³-hybridized carbons (Fsp3) is 0.217. The van der Waals surface area contributed by atoms with Crippen molar-refractivity contribution >= 4 is 29.3 Å². The molecule has 0 saturated heterocycles. The first kappa shape index (κ1) is 21.8. The third-order valence-corrected chi connectivity index (χ3v) is 4.52. The normalized spacial score (nSPS) is 10.4. The number of carbonyl (C=O) groups excluding carboxylic acids is 3. The van der Waals surface area contributed by atoms with E-state index in [9.17, 15) is 14.4 Å². The van der Waals surface area contributed by atoms with Crippen molar-refractivity contribution < 1.29 is 19.1 Å². The van der Waals surface area contributed by atoms with Gasteiger partial charge < -0.3 is 15.4 Å². The van der Waals surface area contributed by atoms with Crippen molar-refractivity contribution in [2.45, 2.75) is 19.8 Å². The molecule has 3 aromatic rings. The second-order valence-corrected chi connectivity index (χ2v) is 6.82. The maximum Gasteiger partial charge on any atom is 0.338 e. The molecule has 31 heavy (non-hydrogen) atoms. The van der Waals surface area contributed by atoms with Gasteiger partial charge in [-0.25, -0.2) is 4.79 Å². The van der Waals surface area contributed by atoms with E-state index in [1.54, 1.807) is 38.2 Å². The summed E-state index contributed by atoms with van der Waals surface area (Å²) in [6, 6.07) is 17.6. The van der Waals surface area contributed by atoms with Crippen LogP contribution in [0.1, 0.15) is 39.8 Å². The number of nitrogens with one attached hydrogen (secondary N) is 2. The van der Waals surface area contributed by atoms with Crippen LogP contribution in [-0.2, 0) is 23.0 Å². The van der Waals surface area contributed by atoms with Crippen molar-refractivity contribution in [3.8, 4) is 0 Å². The summed E-state index contributed by atoms with van der Waals surface area (Å²) in [5, 5.41) is 9.66. The summed E-state index contributed by atoms with van der Waals surface area (Å²) in [7, 11) is 1.65. The highest BCUT2D eigenvalue weighted by atomic mass is 16.5. The van der Waals surface area contributed by atoms with Crippen molar-refractivity contribution in [1.29, 1.82) is 0 Å². The second kappa shape index (κ2) is 10.2. The zero-order valence-corrected chi connectivity index (χ0v) is 17.4. The molecule has 0 radical (unpaired) electrons. The molecule has 0 aliphatic heterocycles. The summed E-state index contributed by atoms with van der Waals surface area (Å²) in [5.74, 6) is -0.573. The van der Waals surface area contributed by atoms with E-state index in [0.29, 0.717) is 36.5 Å². The zero-order chi connectivity index (χ0) is 22.2. The van der Waals surface area contributed by atoms with Crippen molar-refractivity contribution in [2.75, 3.05) is 17.2 Å². The summed E-state index contributed by atoms with van der Waals surface area (Å²) in [6.45, 7) is 2.03. The minimum absolute atomic E-state index is 0.159. The summed E-state index contributed by atoms with van der Waals surface area (Å²) >= 11 is 0. The second-order valence-electron chi connectivity index (χ2n) is 6.82. The van der Waals surface area contributed by atoms with Crippen LogP contribution in [0.15, 0.2) is 60.7 Å². The highest BCUT2D eigenvalue weighted by Crippen LogP contribution is 2.15. The molecule has 1 heterocycles. The molecule has 0 spiro atoms. The number of carbonyl (C=O) groups is 3. The average molecular weight is 420 g/mol. The van der Waals surface area contributed by atoms with Crippen LogP contribution in [0.5, 0.6) is 0 Å². The molecule has 2 N–H and O–H groups in total. The monoisotopic (exact) mass is 420 g/mol. The van der Waals surface area contributed by atoms with E-state index in [4.69, 9.17) is 4.74 Å². The molecule has 0 atom stereocenters. The van der Waals surface area contributed by atoms with Gasteiger partial charge >= 0.3 is 5.97 Å². The first-order valence-electron chi connectivity index (χ1n) is 9.92. The van der Waals surface area contributed by atoms with Gasteiger partial charge in [-0.3, -0.25) is 14.3 Å². The Morgan fingerprint density at radius 2 is 1.71 bits per heavy atom. The molecular formula is C23H24N4O4. The fourth-order valence-electron chi connectivity index (χ4n) is 2.90. The highest BCUT2D eigenvalue weighted by Gasteiger charge is 2.15. The maximum atomic E-state index is 12.5. The first-order valence-corrected chi connectivity index (χ1v) is 9.92. The maximum absolute atomic E-state index is 12.5. The van der Waals surface area contributed by atoms with Gasteiger partial charge in [0.25, 0.3) is 5.91 Å². The Kier molecular flexibility index (Phi) is 7.16. The van der Waals surface area contributed by atoms with Gasteiger partial charge in [-0.1, -0.05) is 30.3 Å². The van der Waals surface area contributed by atoms with Gasteiger partial charge in [0.2, 0.25) is 5.91 Å². The van der Waals surface area contributed by atoms with Gasteiger partial charge in [0.05, 0.1) is 12.2 Å². The number of anilines is 2. The van der Waals surface area contributed by atoms with Crippen LogP contribution < -0.4 is 10.6 Å². The Labute approximate surface area is 180 Å². The van der Waals surface area contributed by atoms with Crippen molar-refractivity contribution in [1.82, 2.24) is 9.78 Å². The lowest BCUT2D eigenvalue weighted by Crippen LogP contribution is -2.14. The summed E-state index contributed by atoms with van der Waals surface area (Å²) in [5.41, 5.74) is 2.15. The molecule has 2 amide bonds. The van der Waals surface area contributed by atoms with E-state index < -0.39 is 11.9 Å². The van der Waals surface area contributed by atoms with Crippen LogP contribution in [0.25, 0.3) is 0 Å². The molecule has 8 nitrogen and oxygen atoms in total. The number of rotatable bonds is 8. The van der Waals surface area contributed by atoms with Crippen LogP contribution in [-0.4, -0.2) is 34.2 Å². The third-order valence-electron chi connectivity index (χ3n) is 4.52. The van der Waals surface area contributed by atoms with Crippen molar-refractivity contribution in [3.63, 3.8) is 0 Å². The van der Waals surface area contributed by atoms with E-state index >= 15 is 0 Å². The zero-order valence-electron chi connectivity index (χ0n) is 17.4. The van der Waals surface area contributed by atoms with Gasteiger partial charge in [-0.05, 0) is 43.2 Å². The molecule has 1 aromatic heterocycles. The molecular weight excluding hydrogens is 396 g/mol. The van der Waals surface area contributed by atoms with Gasteiger partial charge in [0.1, 0.15) is 5.82 Å². The Hall–Kier alpha value is -3.94. The van der Waals surface area contributed by atoms with Crippen LogP contribution in [0, 0.1) is 0 Å². The number of hydrogen-bond acceptors (Lipinski definition) is 5. The fourth-order valence-corrected chi connectivity index (χ4v) is 2.90. The number of nitrogens with zero attached hydrogens (tertiary/aromatic N) is 2. The van der Waals surface area contributed by atoms with Gasteiger partial charge in [-0.15, -0.1) is 0 Å². The molecule has 8 heteroatoms. The average Bonchev–Trinajstić information content (AvgIpc) is 3.14. The molecule has 0 fully saturated rings. The van der Waals surface area contributed by atoms with E-state index in [0.717, 1.165) is 5.56 Å². The standard InChI is InChI=1S/C23H24N4O4/c1-3-31-23(30)17-10-12-18(13-11-17)24-22(29)19-15-20(27(2)26-19)25-21(28)14-9-16-7-5-4-6-8-16/h4-8,10-13,15H,3,9,14H2,1-2H3,(H,24,29)(H,25,28). The van der Waals surface area contributed by atoms with Crippen LogP contribution in [0.4, 0.5) is 11.5 Å². The highest BCUT2D eigenvalue weighted by molar-refractivity contribution is 6.04. The molecule has 0 unspecified atom stereocenters. The minimum Gasteiger partial charge on any atom is -0.462 e.